The molecule has 5 fully saturated rings. The molecule has 0 amide bonds. The van der Waals surface area contributed by atoms with Crippen LogP contribution in [0.25, 0.3) is 0 Å². The van der Waals surface area contributed by atoms with Crippen molar-refractivity contribution in [1.82, 2.24) is 0 Å². The summed E-state index contributed by atoms with van der Waals surface area (Å²) in [6.07, 6.45) is 10.1. The first-order chi connectivity index (χ1) is 15.8. The zero-order valence-corrected chi connectivity index (χ0v) is 22.6. The lowest BCUT2D eigenvalue weighted by atomic mass is 9.70. The molecule has 5 rings (SSSR count). The minimum atomic E-state index is -0.114. The maximum absolute atomic E-state index is 13.3. The van der Waals surface area contributed by atoms with Gasteiger partial charge in [0.2, 0.25) is 0 Å². The molecule has 5 heteroatoms. The number of carbonyl (C=O) groups excluding carboxylic acids is 2. The van der Waals surface area contributed by atoms with Gasteiger partial charge in [-0.1, -0.05) is 41.5 Å². The maximum Gasteiger partial charge on any atom is 0.362 e. The predicted molar refractivity (Wildman–Crippen MR) is 132 cm³/mol. The van der Waals surface area contributed by atoms with E-state index in [2.05, 4.69) is 41.5 Å². The monoisotopic (exact) mass is 474 g/mol. The van der Waals surface area contributed by atoms with Gasteiger partial charge < -0.3 is 14.0 Å². The Labute approximate surface area is 206 Å². The standard InChI is InChI=1S/C29H48NO4/c1-26(2)20-10-12-28(26,5)22(16-20)33-24(31)18-30(14-8-7-9-15-30)19-25(32)34-23-17-21-11-13-29(23,6)27(21,3)4/h20-23H,7-19H2,1-6H3/q+1/t20-,21-,22-,23+,28+,29+/m0/s1. The molecule has 1 aliphatic heterocycles. The van der Waals surface area contributed by atoms with Gasteiger partial charge in [0.25, 0.3) is 0 Å². The molecule has 5 nitrogen and oxygen atoms in total. The quantitative estimate of drug-likeness (QED) is 0.377. The minimum Gasteiger partial charge on any atom is -0.458 e. The molecule has 4 aliphatic carbocycles. The first-order valence-corrected chi connectivity index (χ1v) is 14.1. The normalized spacial score (nSPS) is 43.1. The summed E-state index contributed by atoms with van der Waals surface area (Å²) in [6, 6.07) is 0. The van der Waals surface area contributed by atoms with Gasteiger partial charge in [-0.2, -0.15) is 0 Å². The fourth-order valence-electron chi connectivity index (χ4n) is 9.11. The highest BCUT2D eigenvalue weighted by atomic mass is 16.6. The Bertz CT molecular complexity index is 781. The van der Waals surface area contributed by atoms with Crippen LogP contribution in [0.3, 0.4) is 0 Å². The van der Waals surface area contributed by atoms with Crippen LogP contribution in [-0.2, 0) is 19.1 Å². The Morgan fingerprint density at radius 2 is 1.12 bits per heavy atom. The molecule has 0 aromatic rings. The summed E-state index contributed by atoms with van der Waals surface area (Å²) in [5.41, 5.74) is 0.597. The number of hydrogen-bond acceptors (Lipinski definition) is 4. The summed E-state index contributed by atoms with van der Waals surface area (Å²) >= 11 is 0. The lowest BCUT2D eigenvalue weighted by Crippen LogP contribution is -2.58. The average molecular weight is 475 g/mol. The Balaban J connectivity index is 1.23. The minimum absolute atomic E-state index is 0.0155. The molecule has 0 spiro atoms. The Morgan fingerprint density at radius 3 is 1.44 bits per heavy atom. The van der Waals surface area contributed by atoms with Crippen molar-refractivity contribution in [2.75, 3.05) is 26.2 Å². The van der Waals surface area contributed by atoms with Crippen molar-refractivity contribution in [2.24, 2.45) is 33.5 Å². The molecular formula is C29H48NO4+. The number of nitrogens with zero attached hydrogens (tertiary/aromatic N) is 1. The third-order valence-corrected chi connectivity index (χ3v) is 12.7. The first kappa shape index (κ1) is 24.6. The Morgan fingerprint density at radius 1 is 0.706 bits per heavy atom. The molecule has 0 aromatic heterocycles. The van der Waals surface area contributed by atoms with Gasteiger partial charge in [0, 0.05) is 10.8 Å². The van der Waals surface area contributed by atoms with Crippen LogP contribution in [0.1, 0.15) is 99.3 Å². The maximum atomic E-state index is 13.3. The van der Waals surface area contributed by atoms with Gasteiger partial charge in [-0.05, 0) is 80.5 Å². The van der Waals surface area contributed by atoms with E-state index in [9.17, 15) is 9.59 Å². The molecule has 6 atom stereocenters. The molecule has 0 unspecified atom stereocenters. The molecule has 34 heavy (non-hydrogen) atoms. The van der Waals surface area contributed by atoms with Gasteiger partial charge >= 0.3 is 11.9 Å². The molecule has 192 valence electrons. The number of piperidine rings is 1. The number of likely N-dealkylation sites (tertiary alicyclic amines) is 1. The zero-order chi connectivity index (χ0) is 24.6. The van der Waals surface area contributed by atoms with Crippen LogP contribution in [0.15, 0.2) is 0 Å². The molecule has 5 aliphatic rings. The second-order valence-electron chi connectivity index (χ2n) is 14.3. The average Bonchev–Trinajstić information content (AvgIpc) is 3.26. The van der Waals surface area contributed by atoms with Crippen LogP contribution < -0.4 is 0 Å². The van der Waals surface area contributed by atoms with Crippen LogP contribution in [0.4, 0.5) is 0 Å². The SMILES string of the molecule is CC1(C)[C@H]2CC[C@]1(C)[C@@H](OC(=O)C[N+]1(CC(=O)O[C@@H]3C[C@@H]4CC[C@@]3(C)C4(C)C)CCCCC1)C2. The summed E-state index contributed by atoms with van der Waals surface area (Å²) in [5, 5.41) is 0. The fraction of sp³-hybridized carbons (Fsp3) is 0.931. The molecule has 0 radical (unpaired) electrons. The smallest absolute Gasteiger partial charge is 0.362 e. The Kier molecular flexibility index (Phi) is 5.75. The molecule has 1 saturated heterocycles. The molecule has 0 N–H and O–H groups in total. The van der Waals surface area contributed by atoms with E-state index in [0.29, 0.717) is 29.4 Å². The largest absolute Gasteiger partial charge is 0.458 e. The lowest BCUT2D eigenvalue weighted by Gasteiger charge is -2.42. The third-order valence-electron chi connectivity index (χ3n) is 12.7. The van der Waals surface area contributed by atoms with Crippen LogP contribution >= 0.6 is 0 Å². The Hall–Kier alpha value is -1.10. The fourth-order valence-corrected chi connectivity index (χ4v) is 9.11. The predicted octanol–water partition coefficient (Wildman–Crippen LogP) is 5.50. The van der Waals surface area contributed by atoms with Gasteiger partial charge in [-0.25, -0.2) is 9.59 Å². The van der Waals surface area contributed by atoms with Crippen LogP contribution in [0.2, 0.25) is 0 Å². The molecule has 4 saturated carbocycles. The van der Waals surface area contributed by atoms with Crippen molar-refractivity contribution >= 4 is 11.9 Å². The van der Waals surface area contributed by atoms with E-state index in [0.717, 1.165) is 51.6 Å². The van der Waals surface area contributed by atoms with E-state index in [1.54, 1.807) is 0 Å². The van der Waals surface area contributed by atoms with Crippen molar-refractivity contribution in [3.05, 3.63) is 0 Å². The summed E-state index contributed by atoms with van der Waals surface area (Å²) in [7, 11) is 0. The van der Waals surface area contributed by atoms with E-state index in [1.165, 1.54) is 19.3 Å². The van der Waals surface area contributed by atoms with Crippen LogP contribution in [0.5, 0.6) is 0 Å². The molecule has 1 heterocycles. The van der Waals surface area contributed by atoms with E-state index in [1.807, 2.05) is 0 Å². The molecule has 0 aromatic carbocycles. The van der Waals surface area contributed by atoms with Gasteiger partial charge in [-0.15, -0.1) is 0 Å². The number of esters is 2. The number of hydrogen-bond donors (Lipinski definition) is 0. The van der Waals surface area contributed by atoms with Crippen molar-refractivity contribution < 1.29 is 23.5 Å². The van der Waals surface area contributed by atoms with Crippen LogP contribution in [0, 0.1) is 33.5 Å². The lowest BCUT2D eigenvalue weighted by molar-refractivity contribution is -0.919. The van der Waals surface area contributed by atoms with Crippen LogP contribution in [-0.4, -0.2) is 54.8 Å². The van der Waals surface area contributed by atoms with Gasteiger partial charge in [-0.3, -0.25) is 0 Å². The highest BCUT2D eigenvalue weighted by Gasteiger charge is 2.64. The van der Waals surface area contributed by atoms with Gasteiger partial charge in [0.15, 0.2) is 13.1 Å². The summed E-state index contributed by atoms with van der Waals surface area (Å²) in [6.45, 7) is 16.4. The number of rotatable bonds is 6. The number of ether oxygens (including phenoxy) is 2. The number of carbonyl (C=O) groups is 2. The second kappa shape index (κ2) is 7.95. The van der Waals surface area contributed by atoms with E-state index in [-0.39, 0.29) is 45.8 Å². The van der Waals surface area contributed by atoms with Crippen molar-refractivity contribution in [1.29, 1.82) is 0 Å². The highest BCUT2D eigenvalue weighted by molar-refractivity contribution is 5.73. The molecular weight excluding hydrogens is 426 g/mol. The van der Waals surface area contributed by atoms with Crippen molar-refractivity contribution in [3.8, 4) is 0 Å². The topological polar surface area (TPSA) is 52.6 Å². The number of quaternary nitrogens is 1. The van der Waals surface area contributed by atoms with E-state index >= 15 is 0 Å². The summed E-state index contributed by atoms with van der Waals surface area (Å²) < 4.78 is 12.9. The zero-order valence-electron chi connectivity index (χ0n) is 22.6. The second-order valence-corrected chi connectivity index (χ2v) is 14.3. The third kappa shape index (κ3) is 3.50. The number of fused-ring (bicyclic) bond motifs is 4. The molecule has 4 bridgehead atoms. The first-order valence-electron chi connectivity index (χ1n) is 14.1. The van der Waals surface area contributed by atoms with Crippen molar-refractivity contribution in [2.45, 2.75) is 112 Å². The van der Waals surface area contributed by atoms with Gasteiger partial charge in [0.05, 0.1) is 13.1 Å². The van der Waals surface area contributed by atoms with E-state index < -0.39 is 0 Å². The van der Waals surface area contributed by atoms with Gasteiger partial charge in [0.1, 0.15) is 12.2 Å². The summed E-state index contributed by atoms with van der Waals surface area (Å²) in [4.78, 5) is 26.6. The summed E-state index contributed by atoms with van der Waals surface area (Å²) in [5.74, 6) is 1.07. The van der Waals surface area contributed by atoms with Crippen molar-refractivity contribution in [3.63, 3.8) is 0 Å². The van der Waals surface area contributed by atoms with E-state index in [4.69, 9.17) is 9.47 Å². The highest BCUT2D eigenvalue weighted by Crippen LogP contribution is 2.67.